The van der Waals surface area contributed by atoms with Gasteiger partial charge >= 0.3 is 0 Å². The van der Waals surface area contributed by atoms with Crippen LogP contribution in [0.2, 0.25) is 0 Å². The molecule has 1 aliphatic carbocycles. The molecule has 0 bridgehead atoms. The van der Waals surface area contributed by atoms with Crippen LogP contribution in [0.3, 0.4) is 0 Å². The van der Waals surface area contributed by atoms with Gasteiger partial charge in [-0.1, -0.05) is 57.2 Å². The fraction of sp³-hybridized carbons (Fsp3) is 0.478. The number of nitrogens with one attached hydrogen (secondary N) is 1. The lowest BCUT2D eigenvalue weighted by Gasteiger charge is -2.45. The van der Waals surface area contributed by atoms with Crippen molar-refractivity contribution in [3.63, 3.8) is 0 Å². The summed E-state index contributed by atoms with van der Waals surface area (Å²) in [5, 5.41) is 18.2. The molecule has 3 rings (SSSR count). The molecule has 26 heavy (non-hydrogen) atoms. The van der Waals surface area contributed by atoms with Gasteiger partial charge in [0.15, 0.2) is 0 Å². The molecule has 2 N–H and O–H groups in total. The summed E-state index contributed by atoms with van der Waals surface area (Å²) in [6.45, 7) is 8.64. The summed E-state index contributed by atoms with van der Waals surface area (Å²) in [6.07, 6.45) is 5.09. The highest BCUT2D eigenvalue weighted by Crippen LogP contribution is 2.45. The summed E-state index contributed by atoms with van der Waals surface area (Å²) in [4.78, 5) is 0. The lowest BCUT2D eigenvalue weighted by Crippen LogP contribution is -2.43. The number of hydrogen-bond donors (Lipinski definition) is 2. The Hall–Kier alpha value is -1.42. The van der Waals surface area contributed by atoms with Crippen molar-refractivity contribution in [3.05, 3.63) is 64.4 Å². The van der Waals surface area contributed by atoms with Crippen molar-refractivity contribution in [2.75, 3.05) is 13.1 Å². The van der Waals surface area contributed by atoms with Crippen molar-refractivity contribution >= 4 is 16.9 Å². The summed E-state index contributed by atoms with van der Waals surface area (Å²) in [7, 11) is 0. The van der Waals surface area contributed by atoms with E-state index in [1.165, 1.54) is 16.7 Å². The Kier molecular flexibility index (Phi) is 6.01. The summed E-state index contributed by atoms with van der Waals surface area (Å²) >= 11 is 1.73. The predicted octanol–water partition coefficient (Wildman–Crippen LogP) is 5.35. The Morgan fingerprint density at radius 2 is 1.92 bits per heavy atom. The Labute approximate surface area is 162 Å². The van der Waals surface area contributed by atoms with Gasteiger partial charge in [-0.2, -0.15) is 11.3 Å². The first-order chi connectivity index (χ1) is 12.4. The van der Waals surface area contributed by atoms with Gasteiger partial charge in [-0.05, 0) is 63.6 Å². The number of aliphatic hydroxyl groups is 1. The molecule has 1 heterocycles. The van der Waals surface area contributed by atoms with E-state index < -0.39 is 0 Å². The number of aliphatic hydroxyl groups excluding tert-OH is 1. The minimum absolute atomic E-state index is 0.157. The Bertz CT molecular complexity index is 720. The molecule has 140 valence electrons. The zero-order valence-corrected chi connectivity index (χ0v) is 17.0. The zero-order valence-electron chi connectivity index (χ0n) is 16.2. The van der Waals surface area contributed by atoms with Crippen LogP contribution in [0.15, 0.2) is 53.2 Å². The number of rotatable bonds is 6. The second kappa shape index (κ2) is 8.08. The van der Waals surface area contributed by atoms with E-state index in [1.807, 2.05) is 0 Å². The third-order valence-corrected chi connectivity index (χ3v) is 6.02. The van der Waals surface area contributed by atoms with E-state index in [1.54, 1.807) is 11.3 Å². The second-order valence-electron chi connectivity index (χ2n) is 8.84. The van der Waals surface area contributed by atoms with Gasteiger partial charge in [-0.15, -0.1) is 0 Å². The first-order valence-electron chi connectivity index (χ1n) is 9.54. The van der Waals surface area contributed by atoms with E-state index in [0.717, 1.165) is 32.4 Å². The summed E-state index contributed by atoms with van der Waals surface area (Å²) in [6, 6.07) is 12.8. The molecule has 0 saturated heterocycles. The molecule has 1 saturated carbocycles. The smallest absolute Gasteiger partial charge is 0.0551 e. The third kappa shape index (κ3) is 5.06. The number of benzene rings is 1. The van der Waals surface area contributed by atoms with Gasteiger partial charge in [0.2, 0.25) is 0 Å². The van der Waals surface area contributed by atoms with Crippen LogP contribution in [0, 0.1) is 10.8 Å². The van der Waals surface area contributed by atoms with Crippen LogP contribution in [0.5, 0.6) is 0 Å². The van der Waals surface area contributed by atoms with Gasteiger partial charge in [0.25, 0.3) is 0 Å². The second-order valence-corrected chi connectivity index (χ2v) is 9.62. The van der Waals surface area contributed by atoms with Crippen LogP contribution in [0.1, 0.15) is 51.2 Å². The highest BCUT2D eigenvalue weighted by molar-refractivity contribution is 7.08. The lowest BCUT2D eigenvalue weighted by molar-refractivity contribution is -0.00829. The number of hydrogen-bond acceptors (Lipinski definition) is 3. The minimum atomic E-state index is -0.174. The van der Waals surface area contributed by atoms with Crippen LogP contribution < -0.4 is 5.32 Å². The highest BCUT2D eigenvalue weighted by atomic mass is 32.1. The van der Waals surface area contributed by atoms with Crippen molar-refractivity contribution in [3.8, 4) is 0 Å². The average Bonchev–Trinajstić information content (AvgIpc) is 3.07. The maximum atomic E-state index is 10.3. The molecule has 1 fully saturated rings. The minimum Gasteiger partial charge on any atom is -0.393 e. The van der Waals surface area contributed by atoms with E-state index in [2.05, 4.69) is 79.3 Å². The van der Waals surface area contributed by atoms with Gasteiger partial charge in [-0.3, -0.25) is 0 Å². The van der Waals surface area contributed by atoms with E-state index in [-0.39, 0.29) is 16.9 Å². The molecule has 1 aromatic heterocycles. The molecule has 2 aromatic rings. The molecule has 0 amide bonds. The van der Waals surface area contributed by atoms with Crippen LogP contribution in [-0.2, 0) is 0 Å². The third-order valence-electron chi connectivity index (χ3n) is 5.34. The number of thiophene rings is 1. The Morgan fingerprint density at radius 3 is 2.58 bits per heavy atom. The van der Waals surface area contributed by atoms with E-state index >= 15 is 0 Å². The fourth-order valence-corrected chi connectivity index (χ4v) is 5.36. The maximum Gasteiger partial charge on any atom is 0.0551 e. The molecule has 0 radical (unpaired) electrons. The van der Waals surface area contributed by atoms with Gasteiger partial charge in [0.1, 0.15) is 0 Å². The predicted molar refractivity (Wildman–Crippen MR) is 112 cm³/mol. The average molecular weight is 370 g/mol. The first kappa shape index (κ1) is 19.3. The molecule has 2 unspecified atom stereocenters. The van der Waals surface area contributed by atoms with Gasteiger partial charge < -0.3 is 10.4 Å². The van der Waals surface area contributed by atoms with Crippen molar-refractivity contribution < 1.29 is 5.11 Å². The topological polar surface area (TPSA) is 32.3 Å². The summed E-state index contributed by atoms with van der Waals surface area (Å²) in [5.74, 6) is 0. The van der Waals surface area contributed by atoms with E-state index in [9.17, 15) is 5.11 Å². The fourth-order valence-electron chi connectivity index (χ4n) is 4.70. The largest absolute Gasteiger partial charge is 0.393 e. The standard InChI is InChI=1S/C23H31NOS/c1-22(2)13-20(25)14-23(3,16-22)17-24-11-9-21(19-10-12-26-15-19)18-7-5-4-6-8-18/h4-10,12,15,20,24-25H,11,13-14,16-17H2,1-3H3/b21-9+. The molecule has 3 heteroatoms. The van der Waals surface area contributed by atoms with Crippen LogP contribution in [0.4, 0.5) is 0 Å². The monoisotopic (exact) mass is 369 g/mol. The van der Waals surface area contributed by atoms with Gasteiger partial charge in [0.05, 0.1) is 6.10 Å². The van der Waals surface area contributed by atoms with Crippen LogP contribution >= 0.6 is 11.3 Å². The quantitative estimate of drug-likeness (QED) is 0.673. The Morgan fingerprint density at radius 1 is 1.15 bits per heavy atom. The summed E-state index contributed by atoms with van der Waals surface area (Å²) < 4.78 is 0. The Balaban J connectivity index is 1.66. The van der Waals surface area contributed by atoms with Crippen molar-refractivity contribution in [2.24, 2.45) is 10.8 Å². The molecule has 1 aliphatic rings. The molecule has 0 spiro atoms. The van der Waals surface area contributed by atoms with Crippen molar-refractivity contribution in [1.29, 1.82) is 0 Å². The van der Waals surface area contributed by atoms with Crippen molar-refractivity contribution in [2.45, 2.75) is 46.1 Å². The highest BCUT2D eigenvalue weighted by Gasteiger charge is 2.40. The SMILES string of the molecule is CC1(C)CC(O)CC(C)(CNC/C=C(\c2ccccc2)c2ccsc2)C1. The summed E-state index contributed by atoms with van der Waals surface area (Å²) in [5.41, 5.74) is 4.20. The zero-order chi connectivity index (χ0) is 18.6. The van der Waals surface area contributed by atoms with Gasteiger partial charge in [0, 0.05) is 13.1 Å². The van der Waals surface area contributed by atoms with E-state index in [4.69, 9.17) is 0 Å². The van der Waals surface area contributed by atoms with E-state index in [0.29, 0.717) is 0 Å². The first-order valence-corrected chi connectivity index (χ1v) is 10.5. The molecule has 1 aromatic carbocycles. The molecule has 0 aliphatic heterocycles. The van der Waals surface area contributed by atoms with Crippen molar-refractivity contribution in [1.82, 2.24) is 5.32 Å². The van der Waals surface area contributed by atoms with Crippen LogP contribution in [0.25, 0.3) is 5.57 Å². The molecule has 2 atom stereocenters. The van der Waals surface area contributed by atoms with Gasteiger partial charge in [-0.25, -0.2) is 0 Å². The molecule has 2 nitrogen and oxygen atoms in total. The molecular weight excluding hydrogens is 338 g/mol. The molecular formula is C23H31NOS. The normalized spacial score (nSPS) is 26.0. The lowest BCUT2D eigenvalue weighted by atomic mass is 9.63. The maximum absolute atomic E-state index is 10.3. The van der Waals surface area contributed by atoms with Crippen LogP contribution in [-0.4, -0.2) is 24.3 Å².